The Morgan fingerprint density at radius 2 is 1.90 bits per heavy atom. The maximum Gasteiger partial charge on any atom is 0.126 e. The normalized spacial score (nSPS) is 10.0. The van der Waals surface area contributed by atoms with E-state index in [9.17, 15) is 0 Å². The van der Waals surface area contributed by atoms with Gasteiger partial charge >= 0.3 is 0 Å². The quantitative estimate of drug-likeness (QED) is 0.873. The van der Waals surface area contributed by atoms with Gasteiger partial charge in [0, 0.05) is 19.3 Å². The predicted octanol–water partition coefficient (Wildman–Crippen LogP) is 3.10. The molecule has 0 atom stereocenters. The van der Waals surface area contributed by atoms with Gasteiger partial charge in [0.05, 0.1) is 12.2 Å². The largest absolute Gasteiger partial charge is 0.377 e. The van der Waals surface area contributed by atoms with E-state index >= 15 is 0 Å². The van der Waals surface area contributed by atoms with Gasteiger partial charge in [0.2, 0.25) is 0 Å². The van der Waals surface area contributed by atoms with Crippen molar-refractivity contribution in [2.75, 3.05) is 11.9 Å². The van der Waals surface area contributed by atoms with E-state index in [0.29, 0.717) is 18.7 Å². The molecular weight excluding hydrogens is 250 g/mol. The number of aromatic nitrogens is 1. The number of hydrogen-bond acceptors (Lipinski definition) is 4. The molecule has 2 rings (SSSR count). The van der Waals surface area contributed by atoms with E-state index in [2.05, 4.69) is 34.6 Å². The highest BCUT2D eigenvalue weighted by atomic mass is 16.5. The number of nitrogens with one attached hydrogen (secondary N) is 1. The summed E-state index contributed by atoms with van der Waals surface area (Å²) in [6.45, 7) is 4.08. The summed E-state index contributed by atoms with van der Waals surface area (Å²) in [4.78, 5) is 4.17. The van der Waals surface area contributed by atoms with Crippen LogP contribution in [0.4, 0.5) is 5.82 Å². The first-order chi connectivity index (χ1) is 9.81. The summed E-state index contributed by atoms with van der Waals surface area (Å²) < 4.78 is 5.36. The molecule has 1 aromatic carbocycles. The van der Waals surface area contributed by atoms with Crippen molar-refractivity contribution in [1.29, 1.82) is 5.26 Å². The van der Waals surface area contributed by atoms with Gasteiger partial charge in [0.15, 0.2) is 0 Å². The van der Waals surface area contributed by atoms with Gasteiger partial charge in [-0.25, -0.2) is 4.98 Å². The Bertz CT molecular complexity index is 570. The molecule has 1 aromatic heterocycles. The lowest BCUT2D eigenvalue weighted by Gasteiger charge is -2.07. The molecule has 0 radical (unpaired) electrons. The summed E-state index contributed by atoms with van der Waals surface area (Å²) in [6, 6.07) is 13.9. The first-order valence-electron chi connectivity index (χ1n) is 6.57. The van der Waals surface area contributed by atoms with Crippen LogP contribution in [-0.4, -0.2) is 11.6 Å². The van der Waals surface area contributed by atoms with Gasteiger partial charge in [-0.05, 0) is 30.2 Å². The SMILES string of the molecule is CCOCc1ccc(CNc2ccc(C#N)cn2)cc1. The van der Waals surface area contributed by atoms with Crippen LogP contribution in [0.2, 0.25) is 0 Å². The van der Waals surface area contributed by atoms with Gasteiger partial charge in [-0.2, -0.15) is 5.26 Å². The fraction of sp³-hybridized carbons (Fsp3) is 0.250. The van der Waals surface area contributed by atoms with Crippen LogP contribution in [0.15, 0.2) is 42.6 Å². The van der Waals surface area contributed by atoms with Gasteiger partial charge in [0.1, 0.15) is 11.9 Å². The average Bonchev–Trinajstić information content (AvgIpc) is 2.52. The highest BCUT2D eigenvalue weighted by molar-refractivity contribution is 5.39. The lowest BCUT2D eigenvalue weighted by molar-refractivity contribution is 0.134. The summed E-state index contributed by atoms with van der Waals surface area (Å²) in [5.41, 5.74) is 2.92. The number of nitriles is 1. The van der Waals surface area contributed by atoms with Crippen LogP contribution in [-0.2, 0) is 17.9 Å². The Hall–Kier alpha value is -2.38. The molecule has 0 bridgehead atoms. The molecular formula is C16H17N3O. The van der Waals surface area contributed by atoms with E-state index in [-0.39, 0.29) is 0 Å². The van der Waals surface area contributed by atoms with Gasteiger partial charge in [-0.1, -0.05) is 24.3 Å². The number of pyridine rings is 1. The molecule has 0 unspecified atom stereocenters. The maximum absolute atomic E-state index is 8.70. The Morgan fingerprint density at radius 3 is 2.50 bits per heavy atom. The molecule has 1 heterocycles. The van der Waals surface area contributed by atoms with Crippen molar-refractivity contribution in [2.24, 2.45) is 0 Å². The van der Waals surface area contributed by atoms with Crippen molar-refractivity contribution < 1.29 is 4.74 Å². The first-order valence-corrected chi connectivity index (χ1v) is 6.57. The Kier molecular flexibility index (Phi) is 5.10. The molecule has 0 saturated heterocycles. The van der Waals surface area contributed by atoms with Crippen molar-refractivity contribution in [3.05, 3.63) is 59.3 Å². The molecule has 0 aliphatic carbocycles. The summed E-state index contributed by atoms with van der Waals surface area (Å²) in [5.74, 6) is 0.766. The average molecular weight is 267 g/mol. The van der Waals surface area contributed by atoms with E-state index in [4.69, 9.17) is 10.00 Å². The van der Waals surface area contributed by atoms with Crippen LogP contribution < -0.4 is 5.32 Å². The Balaban J connectivity index is 1.88. The van der Waals surface area contributed by atoms with E-state index in [1.807, 2.05) is 19.1 Å². The Morgan fingerprint density at radius 1 is 1.15 bits per heavy atom. The van der Waals surface area contributed by atoms with Gasteiger partial charge < -0.3 is 10.1 Å². The number of anilines is 1. The van der Waals surface area contributed by atoms with Crippen LogP contribution >= 0.6 is 0 Å². The number of nitrogens with zero attached hydrogens (tertiary/aromatic N) is 2. The topological polar surface area (TPSA) is 57.9 Å². The maximum atomic E-state index is 8.70. The van der Waals surface area contributed by atoms with Gasteiger partial charge in [0.25, 0.3) is 0 Å². The van der Waals surface area contributed by atoms with Crippen LogP contribution in [0.3, 0.4) is 0 Å². The zero-order valence-electron chi connectivity index (χ0n) is 11.5. The smallest absolute Gasteiger partial charge is 0.126 e. The molecule has 0 aliphatic rings. The monoisotopic (exact) mass is 267 g/mol. The molecule has 0 saturated carbocycles. The molecule has 102 valence electrons. The number of rotatable bonds is 6. The lowest BCUT2D eigenvalue weighted by atomic mass is 10.1. The van der Waals surface area contributed by atoms with Crippen molar-refractivity contribution in [3.8, 4) is 6.07 Å². The molecule has 0 fully saturated rings. The third-order valence-electron chi connectivity index (χ3n) is 2.86. The molecule has 0 spiro atoms. The molecule has 4 nitrogen and oxygen atoms in total. The highest BCUT2D eigenvalue weighted by Crippen LogP contribution is 2.09. The van der Waals surface area contributed by atoms with E-state index < -0.39 is 0 Å². The first kappa shape index (κ1) is 14.0. The van der Waals surface area contributed by atoms with Crippen molar-refractivity contribution in [2.45, 2.75) is 20.1 Å². The standard InChI is InChI=1S/C16H17N3O/c1-2-20-12-14-5-3-13(4-6-14)10-18-16-8-7-15(9-17)11-19-16/h3-8,11H,2,10,12H2,1H3,(H,18,19). The third kappa shape index (κ3) is 4.08. The minimum absolute atomic E-state index is 0.566. The second-order valence-electron chi connectivity index (χ2n) is 4.35. The zero-order valence-corrected chi connectivity index (χ0v) is 11.5. The summed E-state index contributed by atoms with van der Waals surface area (Å²) in [6.07, 6.45) is 1.56. The minimum Gasteiger partial charge on any atom is -0.377 e. The van der Waals surface area contributed by atoms with Crippen LogP contribution in [0.1, 0.15) is 23.6 Å². The predicted molar refractivity (Wildman–Crippen MR) is 78.1 cm³/mol. The molecule has 4 heteroatoms. The number of ether oxygens (including phenoxy) is 1. The van der Waals surface area contributed by atoms with Crippen LogP contribution in [0, 0.1) is 11.3 Å². The van der Waals surface area contributed by atoms with Crippen molar-refractivity contribution in [1.82, 2.24) is 4.98 Å². The third-order valence-corrected chi connectivity index (χ3v) is 2.86. The highest BCUT2D eigenvalue weighted by Gasteiger charge is 1.97. The minimum atomic E-state index is 0.566. The molecule has 0 aliphatic heterocycles. The summed E-state index contributed by atoms with van der Waals surface area (Å²) in [5, 5.41) is 11.9. The van der Waals surface area contributed by atoms with Gasteiger partial charge in [-0.15, -0.1) is 0 Å². The molecule has 20 heavy (non-hydrogen) atoms. The second-order valence-corrected chi connectivity index (χ2v) is 4.35. The molecule has 2 aromatic rings. The van der Waals surface area contributed by atoms with E-state index in [1.165, 1.54) is 11.1 Å². The molecule has 0 amide bonds. The number of hydrogen-bond donors (Lipinski definition) is 1. The summed E-state index contributed by atoms with van der Waals surface area (Å²) in [7, 11) is 0. The summed E-state index contributed by atoms with van der Waals surface area (Å²) >= 11 is 0. The zero-order chi connectivity index (χ0) is 14.2. The lowest BCUT2D eigenvalue weighted by Crippen LogP contribution is -2.01. The molecule has 1 N–H and O–H groups in total. The van der Waals surface area contributed by atoms with Gasteiger partial charge in [-0.3, -0.25) is 0 Å². The number of benzene rings is 1. The van der Waals surface area contributed by atoms with Crippen LogP contribution in [0.5, 0.6) is 0 Å². The van der Waals surface area contributed by atoms with Crippen LogP contribution in [0.25, 0.3) is 0 Å². The van der Waals surface area contributed by atoms with E-state index in [0.717, 1.165) is 12.4 Å². The fourth-order valence-corrected chi connectivity index (χ4v) is 1.73. The van der Waals surface area contributed by atoms with Crippen molar-refractivity contribution in [3.63, 3.8) is 0 Å². The van der Waals surface area contributed by atoms with Crippen molar-refractivity contribution >= 4 is 5.82 Å². The Labute approximate surface area is 119 Å². The fourth-order valence-electron chi connectivity index (χ4n) is 1.73. The second kappa shape index (κ2) is 7.27. The van der Waals surface area contributed by atoms with E-state index in [1.54, 1.807) is 12.3 Å².